The second-order valence-electron chi connectivity index (χ2n) is 12.4. The van der Waals surface area contributed by atoms with E-state index in [0.29, 0.717) is 19.3 Å². The molecule has 4 N–H and O–H groups in total. The van der Waals surface area contributed by atoms with Crippen LogP contribution in [0.2, 0.25) is 0 Å². The number of aliphatic hydroxyl groups excluding tert-OH is 2. The normalized spacial score (nSPS) is 31.2. The summed E-state index contributed by atoms with van der Waals surface area (Å²) in [6.07, 6.45) is 12.6. The van der Waals surface area contributed by atoms with Gasteiger partial charge in [-0.05, 0) is 84.0 Å². The van der Waals surface area contributed by atoms with Crippen molar-refractivity contribution < 1.29 is 38.4 Å². The molecule has 214 valence electrons. The predicted molar refractivity (Wildman–Crippen MR) is 143 cm³/mol. The Morgan fingerprint density at radius 2 is 1.22 bits per heavy atom. The van der Waals surface area contributed by atoms with Gasteiger partial charge in [0.05, 0.1) is 17.6 Å². The van der Waals surface area contributed by atoms with Gasteiger partial charge >= 0.3 is 11.9 Å². The third kappa shape index (κ3) is 8.27. The highest BCUT2D eigenvalue weighted by molar-refractivity contribution is 7.92. The van der Waals surface area contributed by atoms with Crippen LogP contribution in [0.1, 0.15) is 97.8 Å². The van der Waals surface area contributed by atoms with Crippen molar-refractivity contribution in [3.05, 3.63) is 12.2 Å². The lowest BCUT2D eigenvalue weighted by atomic mass is 9.73. The Labute approximate surface area is 222 Å². The molecule has 2 fully saturated rings. The number of carboxylic acid groups (broad SMARTS) is 2. The Morgan fingerprint density at radius 3 is 1.59 bits per heavy atom. The van der Waals surface area contributed by atoms with Gasteiger partial charge in [-0.25, -0.2) is 8.42 Å². The van der Waals surface area contributed by atoms with Gasteiger partial charge in [0.1, 0.15) is 0 Å². The fourth-order valence-corrected chi connectivity index (χ4v) is 6.85. The Kier molecular flexibility index (Phi) is 11.2. The number of carbonyl (C=O) groups is 2. The van der Waals surface area contributed by atoms with Crippen LogP contribution in [0.5, 0.6) is 0 Å². The molecule has 2 rings (SSSR count). The molecule has 0 amide bonds. The van der Waals surface area contributed by atoms with E-state index in [9.17, 15) is 38.4 Å². The topological polar surface area (TPSA) is 149 Å². The summed E-state index contributed by atoms with van der Waals surface area (Å²) in [5, 5.41) is 40.8. The Balaban J connectivity index is 1.91. The molecule has 0 bridgehead atoms. The molecule has 0 spiro atoms. The molecule has 0 aromatic carbocycles. The van der Waals surface area contributed by atoms with Gasteiger partial charge < -0.3 is 20.4 Å². The van der Waals surface area contributed by atoms with Crippen molar-refractivity contribution in [1.82, 2.24) is 0 Å². The molecule has 0 aromatic rings. The molecule has 0 radical (unpaired) electrons. The number of sulfone groups is 1. The molecule has 37 heavy (non-hydrogen) atoms. The minimum Gasteiger partial charge on any atom is -0.481 e. The quantitative estimate of drug-likeness (QED) is 0.249. The maximum atomic E-state index is 12.0. The van der Waals surface area contributed by atoms with Crippen molar-refractivity contribution in [3.8, 4) is 0 Å². The van der Waals surface area contributed by atoms with Crippen LogP contribution >= 0.6 is 0 Å². The first-order chi connectivity index (χ1) is 17.1. The standard InChI is InChI=1S/C28H48O8S/c1-27(2,25(31)32)17-7-13-19-9-5-11-21(23(19)29)15-16-22-12-6-10-20(24(22)30)14-8-18-28(3,26(33)34)37(4,35)36/h15-16,19-24,29-30H,5-14,17-18H2,1-4H3,(H,31,32)(H,33,34). The van der Waals surface area contributed by atoms with E-state index in [-0.39, 0.29) is 30.1 Å². The van der Waals surface area contributed by atoms with E-state index >= 15 is 0 Å². The van der Waals surface area contributed by atoms with Crippen LogP contribution in [0.4, 0.5) is 0 Å². The van der Waals surface area contributed by atoms with E-state index in [1.54, 1.807) is 13.8 Å². The largest absolute Gasteiger partial charge is 0.481 e. The zero-order chi connectivity index (χ0) is 28.0. The highest BCUT2D eigenvalue weighted by atomic mass is 32.2. The second-order valence-corrected chi connectivity index (χ2v) is 14.8. The summed E-state index contributed by atoms with van der Waals surface area (Å²) in [5.74, 6) is -2.02. The van der Waals surface area contributed by atoms with Crippen molar-refractivity contribution in [1.29, 1.82) is 0 Å². The lowest BCUT2D eigenvalue weighted by molar-refractivity contribution is -0.147. The fraction of sp³-hybridized carbons (Fsp3) is 0.857. The summed E-state index contributed by atoms with van der Waals surface area (Å²) >= 11 is 0. The summed E-state index contributed by atoms with van der Waals surface area (Å²) in [4.78, 5) is 22.9. The van der Waals surface area contributed by atoms with Gasteiger partial charge in [-0.1, -0.05) is 37.8 Å². The van der Waals surface area contributed by atoms with Crippen molar-refractivity contribution in [2.45, 2.75) is 115 Å². The molecule has 2 aliphatic carbocycles. The highest BCUT2D eigenvalue weighted by Crippen LogP contribution is 2.38. The van der Waals surface area contributed by atoms with Gasteiger partial charge in [0, 0.05) is 18.1 Å². The molecule has 7 atom stereocenters. The molecule has 0 heterocycles. The van der Waals surface area contributed by atoms with Crippen LogP contribution < -0.4 is 0 Å². The zero-order valence-corrected chi connectivity index (χ0v) is 23.8. The Hall–Kier alpha value is -1.45. The molecule has 0 aromatic heterocycles. The van der Waals surface area contributed by atoms with Gasteiger partial charge in [0.2, 0.25) is 0 Å². The average molecular weight is 545 g/mol. The summed E-state index contributed by atoms with van der Waals surface area (Å²) < 4.78 is 22.2. The average Bonchev–Trinajstić information content (AvgIpc) is 2.80. The van der Waals surface area contributed by atoms with Crippen molar-refractivity contribution in [3.63, 3.8) is 0 Å². The summed E-state index contributed by atoms with van der Waals surface area (Å²) in [5.41, 5.74) is -0.760. The predicted octanol–water partition coefficient (Wildman–Crippen LogP) is 4.44. The van der Waals surface area contributed by atoms with Crippen LogP contribution in [0, 0.1) is 29.1 Å². The molecule has 2 aliphatic rings. The van der Waals surface area contributed by atoms with Gasteiger partial charge in [-0.3, -0.25) is 9.59 Å². The molecule has 9 heteroatoms. The molecule has 7 unspecified atom stereocenters. The minimum absolute atomic E-state index is 0.0115. The summed E-state index contributed by atoms with van der Waals surface area (Å²) in [6.45, 7) is 4.72. The Morgan fingerprint density at radius 1 is 0.784 bits per heavy atom. The van der Waals surface area contributed by atoms with Crippen LogP contribution in [0.15, 0.2) is 12.2 Å². The molecule has 8 nitrogen and oxygen atoms in total. The van der Waals surface area contributed by atoms with E-state index in [1.165, 1.54) is 6.92 Å². The lowest BCUT2D eigenvalue weighted by Crippen LogP contribution is -2.43. The van der Waals surface area contributed by atoms with E-state index < -0.39 is 44.1 Å². The number of hydrogen-bond acceptors (Lipinski definition) is 6. The van der Waals surface area contributed by atoms with Gasteiger partial charge in [-0.2, -0.15) is 0 Å². The number of aliphatic carboxylic acids is 2. The van der Waals surface area contributed by atoms with E-state index in [0.717, 1.165) is 57.6 Å². The zero-order valence-electron chi connectivity index (χ0n) is 22.9. The monoisotopic (exact) mass is 544 g/mol. The first-order valence-corrected chi connectivity index (χ1v) is 15.7. The number of carboxylic acids is 2. The number of aliphatic hydroxyl groups is 2. The fourth-order valence-electron chi connectivity index (χ4n) is 6.02. The maximum Gasteiger partial charge on any atom is 0.324 e. The van der Waals surface area contributed by atoms with Crippen LogP contribution in [-0.2, 0) is 19.4 Å². The lowest BCUT2D eigenvalue weighted by Gasteiger charge is -2.36. The van der Waals surface area contributed by atoms with Crippen molar-refractivity contribution in [2.24, 2.45) is 29.1 Å². The third-order valence-electron chi connectivity index (χ3n) is 9.13. The number of hydrogen-bond donors (Lipinski definition) is 4. The number of rotatable bonds is 13. The highest BCUT2D eigenvalue weighted by Gasteiger charge is 2.43. The SMILES string of the molecule is CC(C)(CCCC1CCCC(C=CC2CCCC(CCCC(C)(C(=O)O)S(C)(=O)=O)C2O)C1O)C(=O)O. The summed E-state index contributed by atoms with van der Waals surface area (Å²) in [7, 11) is -3.76. The molecular formula is C28H48O8S. The van der Waals surface area contributed by atoms with E-state index in [2.05, 4.69) is 6.08 Å². The second kappa shape index (κ2) is 13.1. The summed E-state index contributed by atoms with van der Waals surface area (Å²) in [6, 6.07) is 0. The van der Waals surface area contributed by atoms with E-state index in [1.807, 2.05) is 6.08 Å². The van der Waals surface area contributed by atoms with Crippen LogP contribution in [0.3, 0.4) is 0 Å². The van der Waals surface area contributed by atoms with Crippen molar-refractivity contribution in [2.75, 3.05) is 6.26 Å². The first kappa shape index (κ1) is 31.8. The van der Waals surface area contributed by atoms with Crippen molar-refractivity contribution >= 4 is 21.8 Å². The molecular weight excluding hydrogens is 496 g/mol. The Bertz CT molecular complexity index is 911. The smallest absolute Gasteiger partial charge is 0.324 e. The molecule has 2 saturated carbocycles. The van der Waals surface area contributed by atoms with Gasteiger partial charge in [0.15, 0.2) is 14.6 Å². The maximum absolute atomic E-state index is 12.0. The molecule has 0 saturated heterocycles. The molecule has 0 aliphatic heterocycles. The van der Waals surface area contributed by atoms with Crippen LogP contribution in [0.25, 0.3) is 0 Å². The minimum atomic E-state index is -3.76. The van der Waals surface area contributed by atoms with Gasteiger partial charge in [-0.15, -0.1) is 0 Å². The van der Waals surface area contributed by atoms with Gasteiger partial charge in [0.25, 0.3) is 0 Å². The third-order valence-corrected chi connectivity index (χ3v) is 11.1. The van der Waals surface area contributed by atoms with E-state index in [4.69, 9.17) is 0 Å². The first-order valence-electron chi connectivity index (χ1n) is 13.8. The van der Waals surface area contributed by atoms with Crippen LogP contribution in [-0.4, -0.2) is 64.0 Å².